The molecule has 3 aromatic rings. The molecule has 4 rings (SSSR count). The van der Waals surface area contributed by atoms with E-state index in [2.05, 4.69) is 15.3 Å². The highest BCUT2D eigenvalue weighted by Crippen LogP contribution is 2.37. The molecule has 12 heteroatoms. The van der Waals surface area contributed by atoms with Crippen LogP contribution >= 0.6 is 0 Å². The molecule has 2 aromatic carbocycles. The number of carboxylic acids is 1. The number of anilines is 1. The van der Waals surface area contributed by atoms with Gasteiger partial charge in [-0.2, -0.15) is 14.1 Å². The van der Waals surface area contributed by atoms with Crippen molar-refractivity contribution < 1.29 is 27.9 Å². The van der Waals surface area contributed by atoms with E-state index in [0.717, 1.165) is 12.1 Å². The van der Waals surface area contributed by atoms with E-state index < -0.39 is 16.0 Å². The first-order valence-electron chi connectivity index (χ1n) is 13.6. The Labute approximate surface area is 240 Å². The van der Waals surface area contributed by atoms with E-state index in [9.17, 15) is 23.1 Å². The average molecular weight is 584 g/mol. The number of hydrogen-bond acceptors (Lipinski definition) is 7. The highest BCUT2D eigenvalue weighted by molar-refractivity contribution is 7.89. The van der Waals surface area contributed by atoms with Crippen LogP contribution in [0.4, 0.5) is 5.69 Å². The molecule has 0 spiro atoms. The minimum Gasteiger partial charge on any atom is -0.476 e. The molecule has 2 N–H and O–H groups in total. The van der Waals surface area contributed by atoms with E-state index in [0.29, 0.717) is 37.6 Å². The SMILES string of the molecule is CCN1CCN(S(=O)(=O)c2cc(NC(=O)CC(C)C)ccc2Oc2c(C)c(C(=O)O)nn2-c2ccc(C)cc2)CC1. The summed E-state index contributed by atoms with van der Waals surface area (Å²) < 4.78 is 37.0. The third-order valence-corrected chi connectivity index (χ3v) is 8.89. The largest absolute Gasteiger partial charge is 0.476 e. The number of ether oxygens (including phenoxy) is 1. The van der Waals surface area contributed by atoms with Crippen molar-refractivity contribution in [2.45, 2.75) is 45.9 Å². The van der Waals surface area contributed by atoms with Crippen molar-refractivity contribution in [2.75, 3.05) is 38.0 Å². The molecular formula is C29H37N5O6S. The maximum absolute atomic E-state index is 14.0. The molecule has 0 radical (unpaired) electrons. The summed E-state index contributed by atoms with van der Waals surface area (Å²) in [5.41, 5.74) is 1.92. The van der Waals surface area contributed by atoms with Gasteiger partial charge in [0.05, 0.1) is 5.69 Å². The van der Waals surface area contributed by atoms with Crippen LogP contribution in [0.1, 0.15) is 48.8 Å². The van der Waals surface area contributed by atoms with Crippen LogP contribution in [-0.4, -0.2) is 77.1 Å². The summed E-state index contributed by atoms with van der Waals surface area (Å²) in [5, 5.41) is 16.8. The number of aryl methyl sites for hydroxylation is 1. The van der Waals surface area contributed by atoms with Crippen LogP contribution in [0.15, 0.2) is 47.4 Å². The fraction of sp³-hybridized carbons (Fsp3) is 0.414. The normalized spacial score (nSPS) is 14.8. The number of likely N-dealkylation sites (N-methyl/N-ethyl adjacent to an activating group) is 1. The molecule has 0 unspecified atom stereocenters. The zero-order chi connectivity index (χ0) is 29.9. The van der Waals surface area contributed by atoms with Crippen LogP contribution in [0.5, 0.6) is 11.6 Å². The standard InChI is InChI=1S/C29H37N5O6S/c1-6-32-13-15-33(16-14-32)41(38,39)25-18-22(30-26(35)17-19(2)3)9-12-24(25)40-28-21(5)27(29(36)37)31-34(28)23-10-7-20(4)8-11-23/h7-12,18-19H,6,13-17H2,1-5H3,(H,30,35)(H,36,37). The van der Waals surface area contributed by atoms with Crippen molar-refractivity contribution in [3.8, 4) is 17.3 Å². The Kier molecular flexibility index (Phi) is 9.15. The Hall–Kier alpha value is -3.74. The summed E-state index contributed by atoms with van der Waals surface area (Å²) >= 11 is 0. The Morgan fingerprint density at radius 1 is 1.05 bits per heavy atom. The molecule has 2 heterocycles. The number of carbonyl (C=O) groups is 2. The molecule has 1 aliphatic rings. The molecule has 1 saturated heterocycles. The number of carbonyl (C=O) groups excluding carboxylic acids is 1. The number of aromatic carboxylic acids is 1. The van der Waals surface area contributed by atoms with Crippen molar-refractivity contribution in [3.05, 3.63) is 59.3 Å². The highest BCUT2D eigenvalue weighted by atomic mass is 32.2. The van der Waals surface area contributed by atoms with E-state index in [4.69, 9.17) is 4.74 Å². The molecule has 1 amide bonds. The molecule has 1 aromatic heterocycles. The fourth-order valence-electron chi connectivity index (χ4n) is 4.65. The highest BCUT2D eigenvalue weighted by Gasteiger charge is 2.32. The third kappa shape index (κ3) is 6.77. The molecule has 0 atom stereocenters. The van der Waals surface area contributed by atoms with Gasteiger partial charge in [-0.25, -0.2) is 13.2 Å². The van der Waals surface area contributed by atoms with Crippen molar-refractivity contribution in [2.24, 2.45) is 5.92 Å². The monoisotopic (exact) mass is 583 g/mol. The van der Waals surface area contributed by atoms with Gasteiger partial charge in [-0.1, -0.05) is 38.5 Å². The molecule has 0 bridgehead atoms. The topological polar surface area (TPSA) is 134 Å². The van der Waals surface area contributed by atoms with Crippen molar-refractivity contribution in [1.29, 1.82) is 0 Å². The first kappa shape index (κ1) is 30.2. The molecule has 220 valence electrons. The van der Waals surface area contributed by atoms with Crippen LogP contribution in [-0.2, 0) is 14.8 Å². The lowest BCUT2D eigenvalue weighted by atomic mass is 10.1. The molecule has 0 aliphatic carbocycles. The van der Waals surface area contributed by atoms with E-state index in [1.54, 1.807) is 25.1 Å². The van der Waals surface area contributed by atoms with Gasteiger partial charge in [-0.15, -0.1) is 0 Å². The number of hydrogen-bond donors (Lipinski definition) is 2. The average Bonchev–Trinajstić information content (AvgIpc) is 3.25. The maximum atomic E-state index is 14.0. The van der Waals surface area contributed by atoms with E-state index in [1.165, 1.54) is 21.1 Å². The Bertz CT molecular complexity index is 1520. The van der Waals surface area contributed by atoms with Gasteiger partial charge in [0.1, 0.15) is 10.6 Å². The van der Waals surface area contributed by atoms with E-state index in [1.807, 2.05) is 39.8 Å². The summed E-state index contributed by atoms with van der Waals surface area (Å²) in [7, 11) is -4.05. The lowest BCUT2D eigenvalue weighted by Gasteiger charge is -2.33. The number of nitrogens with zero attached hydrogens (tertiary/aromatic N) is 4. The summed E-state index contributed by atoms with van der Waals surface area (Å²) in [5.74, 6) is -1.26. The van der Waals surface area contributed by atoms with Crippen LogP contribution < -0.4 is 10.1 Å². The van der Waals surface area contributed by atoms with Gasteiger partial charge < -0.3 is 20.1 Å². The molecular weight excluding hydrogens is 546 g/mol. The number of benzene rings is 2. The Balaban J connectivity index is 1.80. The first-order chi connectivity index (χ1) is 19.4. The summed E-state index contributed by atoms with van der Waals surface area (Å²) in [6, 6.07) is 11.7. The van der Waals surface area contributed by atoms with Crippen LogP contribution in [0.25, 0.3) is 5.69 Å². The lowest BCUT2D eigenvalue weighted by Crippen LogP contribution is -2.48. The van der Waals surface area contributed by atoms with Gasteiger partial charge in [0.25, 0.3) is 0 Å². The predicted octanol–water partition coefficient (Wildman–Crippen LogP) is 4.29. The smallest absolute Gasteiger partial charge is 0.356 e. The molecule has 11 nitrogen and oxygen atoms in total. The van der Waals surface area contributed by atoms with Gasteiger partial charge >= 0.3 is 5.97 Å². The Morgan fingerprint density at radius 2 is 1.71 bits per heavy atom. The molecule has 1 fully saturated rings. The quantitative estimate of drug-likeness (QED) is 0.361. The van der Waals surface area contributed by atoms with E-state index >= 15 is 0 Å². The lowest BCUT2D eigenvalue weighted by molar-refractivity contribution is -0.116. The Morgan fingerprint density at radius 3 is 2.29 bits per heavy atom. The van der Waals surface area contributed by atoms with Crippen molar-refractivity contribution in [1.82, 2.24) is 19.0 Å². The number of rotatable bonds is 10. The molecule has 0 saturated carbocycles. The summed E-state index contributed by atoms with van der Waals surface area (Å²) in [4.78, 5) is 26.5. The van der Waals surface area contributed by atoms with Gasteiger partial charge in [0, 0.05) is 43.9 Å². The number of sulfonamides is 1. The van der Waals surface area contributed by atoms with Gasteiger partial charge in [-0.3, -0.25) is 4.79 Å². The third-order valence-electron chi connectivity index (χ3n) is 6.97. The zero-order valence-electron chi connectivity index (χ0n) is 24.0. The summed E-state index contributed by atoms with van der Waals surface area (Å²) in [6.45, 7) is 12.0. The number of nitrogens with one attached hydrogen (secondary N) is 1. The second-order valence-electron chi connectivity index (χ2n) is 10.6. The van der Waals surface area contributed by atoms with Gasteiger partial charge in [0.15, 0.2) is 5.69 Å². The van der Waals surface area contributed by atoms with Gasteiger partial charge in [0.2, 0.25) is 21.8 Å². The minimum absolute atomic E-state index is 0.00178. The first-order valence-corrected chi connectivity index (χ1v) is 15.1. The number of aromatic nitrogens is 2. The van der Waals surface area contributed by atoms with Crippen molar-refractivity contribution in [3.63, 3.8) is 0 Å². The minimum atomic E-state index is -4.05. The second-order valence-corrected chi connectivity index (χ2v) is 12.5. The van der Waals surface area contributed by atoms with Crippen LogP contribution in [0.3, 0.4) is 0 Å². The molecule has 41 heavy (non-hydrogen) atoms. The number of carboxylic acid groups (broad SMARTS) is 1. The second kappa shape index (κ2) is 12.4. The number of piperazine rings is 1. The zero-order valence-corrected chi connectivity index (χ0v) is 24.9. The van der Waals surface area contributed by atoms with E-state index in [-0.39, 0.29) is 46.0 Å². The van der Waals surface area contributed by atoms with Crippen LogP contribution in [0.2, 0.25) is 0 Å². The van der Waals surface area contributed by atoms with Gasteiger partial charge in [-0.05, 0) is 56.6 Å². The fourth-order valence-corrected chi connectivity index (χ4v) is 6.21. The number of amides is 1. The predicted molar refractivity (Wildman–Crippen MR) is 155 cm³/mol. The molecule has 1 aliphatic heterocycles. The summed E-state index contributed by atoms with van der Waals surface area (Å²) in [6.07, 6.45) is 0.284. The maximum Gasteiger partial charge on any atom is 0.356 e. The van der Waals surface area contributed by atoms with Crippen molar-refractivity contribution >= 4 is 27.6 Å². The van der Waals surface area contributed by atoms with Crippen LogP contribution in [0, 0.1) is 19.8 Å².